The molecule has 1 aromatic carbocycles. The third kappa shape index (κ3) is 3.60. The lowest BCUT2D eigenvalue weighted by atomic mass is 10.1. The Kier molecular flexibility index (Phi) is 4.81. The summed E-state index contributed by atoms with van der Waals surface area (Å²) in [4.78, 5) is 18.3. The molecule has 1 aliphatic rings. The van der Waals surface area contributed by atoms with E-state index in [9.17, 15) is 4.79 Å². The van der Waals surface area contributed by atoms with E-state index >= 15 is 0 Å². The van der Waals surface area contributed by atoms with E-state index in [1.807, 2.05) is 78.8 Å². The van der Waals surface area contributed by atoms with Gasteiger partial charge in [-0.3, -0.25) is 9.48 Å². The zero-order chi connectivity index (χ0) is 21.5. The first-order chi connectivity index (χ1) is 15.0. The molecule has 0 aliphatic heterocycles. The summed E-state index contributed by atoms with van der Waals surface area (Å²) in [5.74, 6) is 0.302. The molecular weight excluding hydrogens is 388 g/mol. The summed E-state index contributed by atoms with van der Waals surface area (Å²) in [6.45, 7) is 6.73. The highest BCUT2D eigenvalue weighted by Gasteiger charge is 2.29. The Balaban J connectivity index is 1.57. The maximum Gasteiger partial charge on any atom is 0.252 e. The number of rotatable bonds is 6. The molecule has 7 heteroatoms. The minimum absolute atomic E-state index is 0.122. The van der Waals surface area contributed by atoms with Crippen molar-refractivity contribution in [1.29, 1.82) is 0 Å². The van der Waals surface area contributed by atoms with Crippen LogP contribution in [0.2, 0.25) is 0 Å². The fourth-order valence-corrected chi connectivity index (χ4v) is 3.96. The molecule has 1 N–H and O–H groups in total. The summed E-state index contributed by atoms with van der Waals surface area (Å²) >= 11 is 0. The van der Waals surface area contributed by atoms with Crippen LogP contribution in [0.1, 0.15) is 66.1 Å². The molecule has 1 atom stereocenters. The van der Waals surface area contributed by atoms with Crippen LogP contribution in [0, 0.1) is 6.92 Å². The van der Waals surface area contributed by atoms with Crippen molar-refractivity contribution in [1.82, 2.24) is 29.9 Å². The van der Waals surface area contributed by atoms with Gasteiger partial charge in [-0.15, -0.1) is 0 Å². The summed E-state index contributed by atoms with van der Waals surface area (Å²) in [5, 5.41) is 13.2. The minimum Gasteiger partial charge on any atom is -0.344 e. The molecule has 1 aliphatic carbocycles. The molecule has 5 rings (SSSR count). The van der Waals surface area contributed by atoms with Crippen LogP contribution < -0.4 is 5.32 Å². The van der Waals surface area contributed by atoms with Crippen LogP contribution in [0.3, 0.4) is 0 Å². The Bertz CT molecular complexity index is 1250. The van der Waals surface area contributed by atoms with Gasteiger partial charge in [0, 0.05) is 24.4 Å². The zero-order valence-electron chi connectivity index (χ0n) is 18.0. The smallest absolute Gasteiger partial charge is 0.252 e. The number of amides is 1. The average Bonchev–Trinajstić information content (AvgIpc) is 3.43. The normalized spacial score (nSPS) is 14.7. The lowest BCUT2D eigenvalue weighted by Crippen LogP contribution is -2.27. The molecule has 7 nitrogen and oxygen atoms in total. The predicted molar refractivity (Wildman–Crippen MR) is 119 cm³/mol. The van der Waals surface area contributed by atoms with E-state index in [2.05, 4.69) is 10.4 Å². The van der Waals surface area contributed by atoms with E-state index < -0.39 is 0 Å². The molecular formula is C24H26N6O. The van der Waals surface area contributed by atoms with Gasteiger partial charge >= 0.3 is 0 Å². The van der Waals surface area contributed by atoms with Gasteiger partial charge < -0.3 is 5.32 Å². The number of nitrogens with zero attached hydrogens (tertiary/aromatic N) is 5. The van der Waals surface area contributed by atoms with Gasteiger partial charge in [0.1, 0.15) is 0 Å². The minimum atomic E-state index is -0.197. The number of benzene rings is 1. The van der Waals surface area contributed by atoms with Gasteiger partial charge in [-0.05, 0) is 57.9 Å². The van der Waals surface area contributed by atoms with Crippen molar-refractivity contribution < 1.29 is 4.79 Å². The number of carbonyl (C=O) groups excluding carboxylic acids is 1. The summed E-state index contributed by atoms with van der Waals surface area (Å²) in [6, 6.07) is 13.7. The largest absolute Gasteiger partial charge is 0.344 e. The highest BCUT2D eigenvalue weighted by atomic mass is 16.1. The van der Waals surface area contributed by atoms with Crippen LogP contribution in [-0.4, -0.2) is 30.5 Å². The monoisotopic (exact) mass is 414 g/mol. The Hall–Kier alpha value is -3.48. The molecule has 158 valence electrons. The van der Waals surface area contributed by atoms with Gasteiger partial charge in [-0.25, -0.2) is 9.67 Å². The Morgan fingerprint density at radius 2 is 1.97 bits per heavy atom. The van der Waals surface area contributed by atoms with Crippen molar-refractivity contribution in [2.45, 2.75) is 52.1 Å². The number of fused-ring (bicyclic) bond motifs is 1. The van der Waals surface area contributed by atoms with E-state index in [-0.39, 0.29) is 11.9 Å². The SMILES string of the molecule is CCn1ccc([C@@H](C)NC(=O)c2cc(C3CC3)nc3c2c(C)nn3-c2ccccc2)n1. The molecule has 0 bridgehead atoms. The number of pyridine rings is 1. The van der Waals surface area contributed by atoms with Crippen molar-refractivity contribution >= 4 is 16.9 Å². The van der Waals surface area contributed by atoms with Crippen molar-refractivity contribution in [3.05, 3.63) is 71.3 Å². The molecule has 0 radical (unpaired) electrons. The standard InChI is InChI=1S/C24H26N6O/c1-4-29-13-12-20(28-29)15(2)25-24(31)19-14-21(17-10-11-17)26-23-22(19)16(3)27-30(23)18-8-6-5-7-9-18/h5-9,12-15,17H,4,10-11H2,1-3H3,(H,25,31)/t15-/m1/s1. The highest BCUT2D eigenvalue weighted by molar-refractivity contribution is 6.07. The third-order valence-corrected chi connectivity index (χ3v) is 5.85. The number of hydrogen-bond acceptors (Lipinski definition) is 4. The van der Waals surface area contributed by atoms with Crippen LogP contribution in [-0.2, 0) is 6.54 Å². The lowest BCUT2D eigenvalue weighted by molar-refractivity contribution is 0.0940. The Morgan fingerprint density at radius 1 is 1.19 bits per heavy atom. The highest BCUT2D eigenvalue weighted by Crippen LogP contribution is 2.40. The van der Waals surface area contributed by atoms with Crippen LogP contribution in [0.25, 0.3) is 16.7 Å². The zero-order valence-corrected chi connectivity index (χ0v) is 18.0. The van der Waals surface area contributed by atoms with E-state index in [1.165, 1.54) is 0 Å². The topological polar surface area (TPSA) is 77.6 Å². The van der Waals surface area contributed by atoms with Crippen LogP contribution in [0.15, 0.2) is 48.7 Å². The first kappa shape index (κ1) is 19.5. The second-order valence-electron chi connectivity index (χ2n) is 8.19. The van der Waals surface area contributed by atoms with Gasteiger partial charge in [-0.2, -0.15) is 10.2 Å². The average molecular weight is 415 g/mol. The fourth-order valence-electron chi connectivity index (χ4n) is 3.96. The van der Waals surface area contributed by atoms with E-state index in [1.54, 1.807) is 0 Å². The van der Waals surface area contributed by atoms with Crippen molar-refractivity contribution in [2.24, 2.45) is 0 Å². The van der Waals surface area contributed by atoms with Crippen LogP contribution in [0.4, 0.5) is 0 Å². The molecule has 0 unspecified atom stereocenters. The number of para-hydroxylation sites is 1. The fraction of sp³-hybridized carbons (Fsp3) is 0.333. The van der Waals surface area contributed by atoms with Crippen LogP contribution >= 0.6 is 0 Å². The van der Waals surface area contributed by atoms with Crippen molar-refractivity contribution in [3.63, 3.8) is 0 Å². The Labute approximate surface area is 181 Å². The lowest BCUT2D eigenvalue weighted by Gasteiger charge is -2.13. The second kappa shape index (κ2) is 7.65. The maximum atomic E-state index is 13.4. The maximum absolute atomic E-state index is 13.4. The number of aromatic nitrogens is 5. The molecule has 3 heterocycles. The number of aryl methyl sites for hydroxylation is 2. The molecule has 3 aromatic heterocycles. The molecule has 4 aromatic rings. The van der Waals surface area contributed by atoms with Gasteiger partial charge in [0.2, 0.25) is 0 Å². The van der Waals surface area contributed by atoms with E-state index in [0.29, 0.717) is 11.5 Å². The molecule has 0 spiro atoms. The van der Waals surface area contributed by atoms with Gasteiger partial charge in [-0.1, -0.05) is 18.2 Å². The summed E-state index contributed by atoms with van der Waals surface area (Å²) < 4.78 is 3.71. The predicted octanol–water partition coefficient (Wildman–Crippen LogP) is 4.31. The van der Waals surface area contributed by atoms with Gasteiger partial charge in [0.15, 0.2) is 5.65 Å². The molecule has 1 amide bonds. The van der Waals surface area contributed by atoms with E-state index in [4.69, 9.17) is 10.1 Å². The number of hydrogen-bond donors (Lipinski definition) is 1. The summed E-state index contributed by atoms with van der Waals surface area (Å²) in [6.07, 6.45) is 4.16. The van der Waals surface area contributed by atoms with Gasteiger partial charge in [0.05, 0.1) is 34.1 Å². The molecule has 31 heavy (non-hydrogen) atoms. The molecule has 1 saturated carbocycles. The quantitative estimate of drug-likeness (QED) is 0.510. The third-order valence-electron chi connectivity index (χ3n) is 5.85. The van der Waals surface area contributed by atoms with Crippen LogP contribution in [0.5, 0.6) is 0 Å². The molecule has 0 saturated heterocycles. The van der Waals surface area contributed by atoms with Crippen molar-refractivity contribution in [3.8, 4) is 5.69 Å². The Morgan fingerprint density at radius 3 is 2.65 bits per heavy atom. The number of carbonyl (C=O) groups is 1. The summed E-state index contributed by atoms with van der Waals surface area (Å²) in [5.41, 5.74) is 4.92. The first-order valence-electron chi connectivity index (χ1n) is 10.8. The summed E-state index contributed by atoms with van der Waals surface area (Å²) in [7, 11) is 0. The van der Waals surface area contributed by atoms with Crippen molar-refractivity contribution in [2.75, 3.05) is 0 Å². The second-order valence-corrected chi connectivity index (χ2v) is 8.19. The first-order valence-corrected chi connectivity index (χ1v) is 10.8. The van der Waals surface area contributed by atoms with Gasteiger partial charge in [0.25, 0.3) is 5.91 Å². The molecule has 1 fully saturated rings. The van der Waals surface area contributed by atoms with E-state index in [0.717, 1.165) is 53.2 Å². The number of nitrogens with one attached hydrogen (secondary N) is 1.